The van der Waals surface area contributed by atoms with Crippen molar-refractivity contribution in [1.82, 2.24) is 15.4 Å². The molecule has 0 unspecified atom stereocenters. The van der Waals surface area contributed by atoms with E-state index in [1.54, 1.807) is 0 Å². The highest BCUT2D eigenvalue weighted by Gasteiger charge is 1.96. The van der Waals surface area contributed by atoms with Crippen LogP contribution in [-0.2, 0) is 6.42 Å². The number of nitrogens with one attached hydrogen (secondary N) is 1. The Hall–Kier alpha value is -1.12. The van der Waals surface area contributed by atoms with Crippen molar-refractivity contribution in [3.05, 3.63) is 24.0 Å². The van der Waals surface area contributed by atoms with Gasteiger partial charge in [-0.15, -0.1) is 0 Å². The van der Waals surface area contributed by atoms with E-state index in [1.807, 2.05) is 6.20 Å². The number of allylic oxidation sites excluding steroid dienone is 2. The van der Waals surface area contributed by atoms with Gasteiger partial charge in [0, 0.05) is 0 Å². The molecule has 0 aromatic carbocycles. The molecule has 1 aromatic heterocycles. The van der Waals surface area contributed by atoms with Crippen LogP contribution < -0.4 is 0 Å². The van der Waals surface area contributed by atoms with E-state index < -0.39 is 0 Å². The maximum absolute atomic E-state index is 4.08. The molecule has 1 rings (SSSR count). The molecule has 0 amide bonds. The number of aromatic nitrogens is 3. The minimum atomic E-state index is 1.07. The van der Waals surface area contributed by atoms with Gasteiger partial charge in [0.2, 0.25) is 0 Å². The molecular weight excluding hydrogens is 282 g/mol. The van der Waals surface area contributed by atoms with Crippen molar-refractivity contribution in [3.63, 3.8) is 0 Å². The van der Waals surface area contributed by atoms with Gasteiger partial charge in [-0.25, -0.2) is 0 Å². The van der Waals surface area contributed by atoms with Crippen LogP contribution in [0.5, 0.6) is 0 Å². The van der Waals surface area contributed by atoms with Crippen molar-refractivity contribution in [2.45, 2.75) is 103 Å². The highest BCUT2D eigenvalue weighted by atomic mass is 15.3. The molecule has 132 valence electrons. The number of aryl methyl sites for hydroxylation is 1. The molecule has 0 spiro atoms. The minimum absolute atomic E-state index is 1.07. The first kappa shape index (κ1) is 19.9. The van der Waals surface area contributed by atoms with Gasteiger partial charge in [-0.2, -0.15) is 15.4 Å². The van der Waals surface area contributed by atoms with E-state index in [1.165, 1.54) is 89.9 Å². The smallest absolute Gasteiger partial charge is 0.0824 e. The Morgan fingerprint density at radius 2 is 1.35 bits per heavy atom. The van der Waals surface area contributed by atoms with Crippen LogP contribution in [0.2, 0.25) is 0 Å². The molecule has 0 radical (unpaired) electrons. The first-order chi connectivity index (χ1) is 11.4. The summed E-state index contributed by atoms with van der Waals surface area (Å²) in [5, 5.41) is 10.6. The van der Waals surface area contributed by atoms with Gasteiger partial charge in [-0.1, -0.05) is 76.9 Å². The van der Waals surface area contributed by atoms with E-state index in [-0.39, 0.29) is 0 Å². The summed E-state index contributed by atoms with van der Waals surface area (Å²) < 4.78 is 0. The SMILES string of the molecule is CCCCCCCCC=CCCCCCCCCc1cn[nH]n1. The number of unbranched alkanes of at least 4 members (excludes halogenated alkanes) is 12. The molecule has 1 N–H and O–H groups in total. The number of H-pyrrole nitrogens is 1. The van der Waals surface area contributed by atoms with E-state index >= 15 is 0 Å². The van der Waals surface area contributed by atoms with Crippen molar-refractivity contribution in [2.24, 2.45) is 0 Å². The summed E-state index contributed by atoms with van der Waals surface area (Å²) in [5.41, 5.74) is 1.10. The summed E-state index contributed by atoms with van der Waals surface area (Å²) in [6.45, 7) is 2.28. The van der Waals surface area contributed by atoms with Gasteiger partial charge in [0.05, 0.1) is 11.9 Å². The summed E-state index contributed by atoms with van der Waals surface area (Å²) in [4.78, 5) is 0. The summed E-state index contributed by atoms with van der Waals surface area (Å²) in [7, 11) is 0. The Morgan fingerprint density at radius 3 is 1.91 bits per heavy atom. The monoisotopic (exact) mass is 319 g/mol. The molecule has 0 aliphatic heterocycles. The maximum Gasteiger partial charge on any atom is 0.0824 e. The first-order valence-electron chi connectivity index (χ1n) is 9.93. The fourth-order valence-electron chi connectivity index (χ4n) is 2.90. The van der Waals surface area contributed by atoms with Crippen molar-refractivity contribution in [3.8, 4) is 0 Å². The number of hydrogen-bond acceptors (Lipinski definition) is 2. The molecule has 0 bridgehead atoms. The summed E-state index contributed by atoms with van der Waals surface area (Å²) >= 11 is 0. The second kappa shape index (κ2) is 15.8. The van der Waals surface area contributed by atoms with E-state index in [0.717, 1.165) is 12.1 Å². The van der Waals surface area contributed by atoms with Gasteiger partial charge in [0.25, 0.3) is 0 Å². The van der Waals surface area contributed by atoms with Gasteiger partial charge < -0.3 is 0 Å². The molecule has 0 saturated carbocycles. The molecule has 0 aliphatic rings. The van der Waals surface area contributed by atoms with Crippen molar-refractivity contribution >= 4 is 0 Å². The van der Waals surface area contributed by atoms with Crippen molar-refractivity contribution in [1.29, 1.82) is 0 Å². The van der Waals surface area contributed by atoms with Crippen LogP contribution in [0.4, 0.5) is 0 Å². The Balaban J connectivity index is 1.73. The molecule has 3 nitrogen and oxygen atoms in total. The molecule has 0 fully saturated rings. The third-order valence-corrected chi connectivity index (χ3v) is 4.41. The quantitative estimate of drug-likeness (QED) is 0.283. The largest absolute Gasteiger partial charge is 0.198 e. The van der Waals surface area contributed by atoms with Crippen LogP contribution >= 0.6 is 0 Å². The molecule has 0 saturated heterocycles. The summed E-state index contributed by atoms with van der Waals surface area (Å²) in [6, 6.07) is 0. The molecule has 0 atom stereocenters. The van der Waals surface area contributed by atoms with Crippen LogP contribution in [0.15, 0.2) is 18.3 Å². The lowest BCUT2D eigenvalue weighted by Gasteiger charge is -2.00. The molecule has 1 aromatic rings. The normalized spacial score (nSPS) is 11.5. The van der Waals surface area contributed by atoms with Gasteiger partial charge in [-0.05, 0) is 38.5 Å². The predicted molar refractivity (Wildman–Crippen MR) is 99.5 cm³/mol. The van der Waals surface area contributed by atoms with Crippen LogP contribution in [0.3, 0.4) is 0 Å². The van der Waals surface area contributed by atoms with E-state index in [4.69, 9.17) is 0 Å². The predicted octanol–water partition coefficient (Wildman–Crippen LogP) is 6.38. The number of hydrogen-bond donors (Lipinski definition) is 1. The fraction of sp³-hybridized carbons (Fsp3) is 0.800. The van der Waals surface area contributed by atoms with E-state index in [2.05, 4.69) is 34.5 Å². The van der Waals surface area contributed by atoms with E-state index in [9.17, 15) is 0 Å². The molecule has 0 aliphatic carbocycles. The van der Waals surface area contributed by atoms with Crippen molar-refractivity contribution in [2.75, 3.05) is 0 Å². The lowest BCUT2D eigenvalue weighted by Crippen LogP contribution is -1.86. The number of aromatic amines is 1. The Labute approximate surface area is 143 Å². The molecule has 3 heteroatoms. The number of rotatable bonds is 16. The average Bonchev–Trinajstić information content (AvgIpc) is 3.08. The average molecular weight is 320 g/mol. The highest BCUT2D eigenvalue weighted by molar-refractivity contribution is 4.89. The number of nitrogens with zero attached hydrogens (tertiary/aromatic N) is 2. The van der Waals surface area contributed by atoms with Crippen molar-refractivity contribution < 1.29 is 0 Å². The molecular formula is C20H37N3. The zero-order chi connectivity index (χ0) is 16.4. The second-order valence-corrected chi connectivity index (χ2v) is 6.65. The summed E-state index contributed by atoms with van der Waals surface area (Å²) in [5.74, 6) is 0. The second-order valence-electron chi connectivity index (χ2n) is 6.65. The van der Waals surface area contributed by atoms with Crippen LogP contribution in [0.1, 0.15) is 103 Å². The lowest BCUT2D eigenvalue weighted by atomic mass is 10.1. The van der Waals surface area contributed by atoms with Crippen LogP contribution in [0.25, 0.3) is 0 Å². The Kier molecular flexibility index (Phi) is 13.7. The standard InChI is InChI=1S/C20H37N3/c1-2-3-4-5-6-7-8-9-10-11-12-13-14-15-16-17-18-20-19-21-23-22-20/h9-10,19H,2-8,11-18H2,1H3,(H,21,22,23). The van der Waals surface area contributed by atoms with Crippen LogP contribution in [-0.4, -0.2) is 15.4 Å². The van der Waals surface area contributed by atoms with Gasteiger partial charge >= 0.3 is 0 Å². The Bertz CT molecular complexity index is 357. The summed E-state index contributed by atoms with van der Waals surface area (Å²) in [6.07, 6.45) is 26.7. The maximum atomic E-state index is 4.08. The topological polar surface area (TPSA) is 41.6 Å². The fourth-order valence-corrected chi connectivity index (χ4v) is 2.90. The zero-order valence-electron chi connectivity index (χ0n) is 15.2. The van der Waals surface area contributed by atoms with Gasteiger partial charge in [0.15, 0.2) is 0 Å². The third kappa shape index (κ3) is 13.1. The molecule has 1 heterocycles. The zero-order valence-corrected chi connectivity index (χ0v) is 15.2. The Morgan fingerprint density at radius 1 is 0.783 bits per heavy atom. The van der Waals surface area contributed by atoms with Crippen LogP contribution in [0, 0.1) is 0 Å². The van der Waals surface area contributed by atoms with Gasteiger partial charge in [-0.3, -0.25) is 0 Å². The van der Waals surface area contributed by atoms with Gasteiger partial charge in [0.1, 0.15) is 0 Å². The highest BCUT2D eigenvalue weighted by Crippen LogP contribution is 2.10. The lowest BCUT2D eigenvalue weighted by molar-refractivity contribution is 0.593. The third-order valence-electron chi connectivity index (χ3n) is 4.41. The first-order valence-corrected chi connectivity index (χ1v) is 9.93. The van der Waals surface area contributed by atoms with E-state index in [0.29, 0.717) is 0 Å². The minimum Gasteiger partial charge on any atom is -0.198 e. The molecule has 23 heavy (non-hydrogen) atoms.